The number of nitrogens with zero attached hydrogens (tertiary/aromatic N) is 1. The summed E-state index contributed by atoms with van der Waals surface area (Å²) in [5, 5.41) is 13.3. The zero-order valence-corrected chi connectivity index (χ0v) is 9.25. The second kappa shape index (κ2) is 3.83. The van der Waals surface area contributed by atoms with Gasteiger partial charge in [-0.15, -0.1) is 0 Å². The molecular weight excluding hydrogens is 212 g/mol. The molecule has 0 amide bonds. The topological polar surface area (TPSA) is 44.6 Å². The highest BCUT2D eigenvalue weighted by Crippen LogP contribution is 2.27. The molecule has 1 aliphatic heterocycles. The van der Waals surface area contributed by atoms with Crippen LogP contribution in [-0.2, 0) is 5.54 Å². The molecule has 0 saturated heterocycles. The summed E-state index contributed by atoms with van der Waals surface area (Å²) in [7, 11) is 0. The van der Waals surface area contributed by atoms with Crippen LogP contribution >= 0.6 is 11.6 Å². The maximum absolute atomic E-state index is 9.45. The van der Waals surface area contributed by atoms with Crippen molar-refractivity contribution in [3.05, 3.63) is 34.3 Å². The van der Waals surface area contributed by atoms with Crippen molar-refractivity contribution in [1.82, 2.24) is 5.32 Å². The number of aliphatic imine (C=N–C) groups is 1. The van der Waals surface area contributed by atoms with Crippen LogP contribution in [0.3, 0.4) is 0 Å². The summed E-state index contributed by atoms with van der Waals surface area (Å²) in [5.74, 6) is 0. The van der Waals surface area contributed by atoms with Crippen molar-refractivity contribution in [3.8, 4) is 0 Å². The number of hydrogen-bond acceptors (Lipinski definition) is 3. The van der Waals surface area contributed by atoms with Crippen molar-refractivity contribution in [3.63, 3.8) is 0 Å². The Labute approximate surface area is 93.8 Å². The minimum atomic E-state index is -0.463. The van der Waals surface area contributed by atoms with Crippen LogP contribution in [0.25, 0.3) is 0 Å². The van der Waals surface area contributed by atoms with Crippen molar-refractivity contribution >= 4 is 17.9 Å². The fourth-order valence-corrected chi connectivity index (χ4v) is 1.84. The predicted octanol–water partition coefficient (Wildman–Crippen LogP) is 1.47. The van der Waals surface area contributed by atoms with E-state index in [1.54, 1.807) is 6.34 Å². The Kier molecular flexibility index (Phi) is 2.67. The van der Waals surface area contributed by atoms with Gasteiger partial charge >= 0.3 is 0 Å². The second-order valence-electron chi connectivity index (χ2n) is 3.82. The monoisotopic (exact) mass is 224 g/mol. The number of hydrogen-bond donors (Lipinski definition) is 2. The van der Waals surface area contributed by atoms with Gasteiger partial charge in [0, 0.05) is 5.02 Å². The van der Waals surface area contributed by atoms with E-state index in [2.05, 4.69) is 10.3 Å². The molecule has 2 rings (SSSR count). The highest BCUT2D eigenvalue weighted by atomic mass is 35.5. The lowest BCUT2D eigenvalue weighted by molar-refractivity contribution is 0.193. The van der Waals surface area contributed by atoms with E-state index in [1.165, 1.54) is 0 Å². The van der Waals surface area contributed by atoms with Crippen LogP contribution in [0.4, 0.5) is 0 Å². The van der Waals surface area contributed by atoms with Gasteiger partial charge in [-0.3, -0.25) is 4.99 Å². The Balaban J connectivity index is 2.39. The largest absolute Gasteiger partial charge is 0.393 e. The lowest BCUT2D eigenvalue weighted by Gasteiger charge is -2.27. The molecule has 0 aromatic heterocycles. The third-order valence-corrected chi connectivity index (χ3v) is 3.20. The van der Waals surface area contributed by atoms with Crippen molar-refractivity contribution in [1.29, 1.82) is 0 Å². The van der Waals surface area contributed by atoms with E-state index >= 15 is 0 Å². The number of benzene rings is 1. The summed E-state index contributed by atoms with van der Waals surface area (Å²) in [4.78, 5) is 4.11. The Hall–Kier alpha value is -1.06. The van der Waals surface area contributed by atoms with E-state index in [1.807, 2.05) is 25.1 Å². The number of rotatable bonds is 2. The van der Waals surface area contributed by atoms with Gasteiger partial charge in [0.15, 0.2) is 0 Å². The predicted molar refractivity (Wildman–Crippen MR) is 61.4 cm³/mol. The number of nitrogens with one attached hydrogen (secondary N) is 1. The zero-order valence-electron chi connectivity index (χ0n) is 8.50. The molecule has 2 N–H and O–H groups in total. The first-order valence-electron chi connectivity index (χ1n) is 4.81. The summed E-state index contributed by atoms with van der Waals surface area (Å²) in [6.45, 7) is 2.53. The van der Waals surface area contributed by atoms with E-state index in [0.717, 1.165) is 16.1 Å². The van der Waals surface area contributed by atoms with E-state index in [0.29, 0.717) is 6.54 Å². The van der Waals surface area contributed by atoms with Gasteiger partial charge in [-0.05, 0) is 24.1 Å². The molecule has 1 aromatic carbocycles. The first-order chi connectivity index (χ1) is 7.18. The number of aryl methyl sites for hydroxylation is 1. The van der Waals surface area contributed by atoms with Crippen molar-refractivity contribution in [2.24, 2.45) is 4.99 Å². The zero-order chi connectivity index (χ0) is 10.9. The molecule has 1 aliphatic rings. The van der Waals surface area contributed by atoms with Gasteiger partial charge in [-0.2, -0.15) is 0 Å². The molecule has 1 atom stereocenters. The summed E-state index contributed by atoms with van der Waals surface area (Å²) in [6, 6.07) is 5.76. The second-order valence-corrected chi connectivity index (χ2v) is 4.23. The Morgan fingerprint density at radius 3 is 2.93 bits per heavy atom. The number of aliphatic hydroxyl groups is 1. The first-order valence-corrected chi connectivity index (χ1v) is 5.19. The molecule has 0 fully saturated rings. The highest BCUT2D eigenvalue weighted by Gasteiger charge is 2.33. The summed E-state index contributed by atoms with van der Waals surface area (Å²) < 4.78 is 0. The van der Waals surface area contributed by atoms with Crippen molar-refractivity contribution < 1.29 is 5.11 Å². The average molecular weight is 225 g/mol. The van der Waals surface area contributed by atoms with E-state index in [9.17, 15) is 5.11 Å². The molecule has 1 unspecified atom stereocenters. The van der Waals surface area contributed by atoms with Gasteiger partial charge in [-0.1, -0.05) is 23.7 Å². The Morgan fingerprint density at radius 1 is 1.60 bits per heavy atom. The van der Waals surface area contributed by atoms with Crippen molar-refractivity contribution in [2.45, 2.75) is 12.5 Å². The minimum Gasteiger partial charge on any atom is -0.393 e. The van der Waals surface area contributed by atoms with Crippen LogP contribution in [0.15, 0.2) is 23.2 Å². The van der Waals surface area contributed by atoms with Gasteiger partial charge in [0.1, 0.15) is 5.54 Å². The molecule has 15 heavy (non-hydrogen) atoms. The molecule has 4 heteroatoms. The highest BCUT2D eigenvalue weighted by molar-refractivity contribution is 6.31. The average Bonchev–Trinajstić information content (AvgIpc) is 2.72. The summed E-state index contributed by atoms with van der Waals surface area (Å²) in [5.41, 5.74) is 1.56. The lowest BCUT2D eigenvalue weighted by Crippen LogP contribution is -2.43. The molecule has 1 aromatic rings. The van der Waals surface area contributed by atoms with Crippen LogP contribution in [-0.4, -0.2) is 24.6 Å². The fraction of sp³-hybridized carbons (Fsp3) is 0.364. The molecule has 3 nitrogen and oxygen atoms in total. The summed E-state index contributed by atoms with van der Waals surface area (Å²) >= 11 is 5.96. The number of halogens is 1. The smallest absolute Gasteiger partial charge is 0.106 e. The molecule has 0 saturated carbocycles. The third-order valence-electron chi connectivity index (χ3n) is 2.77. The van der Waals surface area contributed by atoms with Gasteiger partial charge < -0.3 is 10.4 Å². The molecule has 0 spiro atoms. The molecule has 0 bridgehead atoms. The maximum Gasteiger partial charge on any atom is 0.106 e. The van der Waals surface area contributed by atoms with Crippen LogP contribution < -0.4 is 5.32 Å². The Bertz CT molecular complexity index is 396. The Morgan fingerprint density at radius 2 is 2.40 bits per heavy atom. The standard InChI is InChI=1S/C11H13ClN2O/c1-8-4-9(2-3-10(8)12)11(6-15)5-13-7-14-11/h2-4,7,15H,5-6H2,1H3,(H,13,14). The van der Waals surface area contributed by atoms with Gasteiger partial charge in [0.05, 0.1) is 19.5 Å². The van der Waals surface area contributed by atoms with E-state index in [4.69, 9.17) is 11.6 Å². The SMILES string of the molecule is Cc1cc(C2(CO)CN=CN2)ccc1Cl. The van der Waals surface area contributed by atoms with E-state index < -0.39 is 5.54 Å². The molecule has 80 valence electrons. The van der Waals surface area contributed by atoms with E-state index in [-0.39, 0.29) is 6.61 Å². The molecule has 1 heterocycles. The fourth-order valence-electron chi connectivity index (χ4n) is 1.72. The number of aliphatic hydroxyl groups excluding tert-OH is 1. The van der Waals surface area contributed by atoms with Gasteiger partial charge in [0.2, 0.25) is 0 Å². The van der Waals surface area contributed by atoms with Gasteiger partial charge in [-0.25, -0.2) is 0 Å². The van der Waals surface area contributed by atoms with Crippen LogP contribution in [0, 0.1) is 6.92 Å². The first kappa shape index (κ1) is 10.5. The molecule has 0 aliphatic carbocycles. The van der Waals surface area contributed by atoms with Crippen LogP contribution in [0.5, 0.6) is 0 Å². The quantitative estimate of drug-likeness (QED) is 0.799. The van der Waals surface area contributed by atoms with Crippen molar-refractivity contribution in [2.75, 3.05) is 13.2 Å². The summed E-state index contributed by atoms with van der Waals surface area (Å²) in [6.07, 6.45) is 1.64. The van der Waals surface area contributed by atoms with Gasteiger partial charge in [0.25, 0.3) is 0 Å². The molecule has 0 radical (unpaired) electrons. The normalized spacial score (nSPS) is 24.2. The maximum atomic E-state index is 9.45. The lowest BCUT2D eigenvalue weighted by atomic mass is 9.90. The minimum absolute atomic E-state index is 0.0219. The third kappa shape index (κ3) is 1.73. The van der Waals surface area contributed by atoms with Crippen LogP contribution in [0.2, 0.25) is 5.02 Å². The van der Waals surface area contributed by atoms with Crippen LogP contribution in [0.1, 0.15) is 11.1 Å². The molecular formula is C11H13ClN2O.